The number of likely N-dealkylation sites (tertiary alicyclic amines) is 1. The van der Waals surface area contributed by atoms with Gasteiger partial charge in [-0.25, -0.2) is 13.1 Å². The Hall–Kier alpha value is -0.700. The molecule has 1 amide bonds. The Labute approximate surface area is 128 Å². The predicted octanol–water partition coefficient (Wildman–Crippen LogP) is -0.932. The summed E-state index contributed by atoms with van der Waals surface area (Å²) >= 11 is 0. The van der Waals surface area contributed by atoms with Crippen molar-refractivity contribution in [3.63, 3.8) is 0 Å². The number of carbonyl (C=O) groups is 1. The zero-order chi connectivity index (χ0) is 15.9. The van der Waals surface area contributed by atoms with Crippen LogP contribution in [0.2, 0.25) is 0 Å². The quantitative estimate of drug-likeness (QED) is 0.565. The molecule has 1 saturated heterocycles. The lowest BCUT2D eigenvalue weighted by molar-refractivity contribution is -0.130. The Bertz CT molecular complexity index is 417. The lowest BCUT2D eigenvalue weighted by atomic mass is 10.0. The SMILES string of the molecule is CN(C)C(=O)CN1CCC(NCCCNS(C)(=O)=O)CC1. The van der Waals surface area contributed by atoms with E-state index in [1.807, 2.05) is 0 Å². The van der Waals surface area contributed by atoms with Gasteiger partial charge in [0.05, 0.1) is 12.8 Å². The average molecular weight is 320 g/mol. The van der Waals surface area contributed by atoms with E-state index in [4.69, 9.17) is 0 Å². The summed E-state index contributed by atoms with van der Waals surface area (Å²) in [5.74, 6) is 0.147. The molecule has 1 rings (SSSR count). The van der Waals surface area contributed by atoms with Crippen LogP contribution in [0.1, 0.15) is 19.3 Å². The molecule has 0 saturated carbocycles. The fraction of sp³-hybridized carbons (Fsp3) is 0.923. The van der Waals surface area contributed by atoms with Gasteiger partial charge in [-0.3, -0.25) is 9.69 Å². The van der Waals surface area contributed by atoms with Crippen molar-refractivity contribution in [2.75, 3.05) is 53.1 Å². The lowest BCUT2D eigenvalue weighted by Gasteiger charge is -2.32. The van der Waals surface area contributed by atoms with Gasteiger partial charge in [-0.1, -0.05) is 0 Å². The summed E-state index contributed by atoms with van der Waals surface area (Å²) < 4.78 is 24.3. The highest BCUT2D eigenvalue weighted by atomic mass is 32.2. The highest BCUT2D eigenvalue weighted by molar-refractivity contribution is 7.88. The minimum absolute atomic E-state index is 0.147. The summed E-state index contributed by atoms with van der Waals surface area (Å²) in [7, 11) is 0.482. The Balaban J connectivity index is 2.09. The molecule has 0 atom stereocenters. The van der Waals surface area contributed by atoms with Crippen molar-refractivity contribution in [2.24, 2.45) is 0 Å². The van der Waals surface area contributed by atoms with Gasteiger partial charge >= 0.3 is 0 Å². The minimum Gasteiger partial charge on any atom is -0.348 e. The van der Waals surface area contributed by atoms with E-state index in [-0.39, 0.29) is 5.91 Å². The van der Waals surface area contributed by atoms with Crippen molar-refractivity contribution in [3.8, 4) is 0 Å². The predicted molar refractivity (Wildman–Crippen MR) is 83.6 cm³/mol. The molecule has 0 aromatic heterocycles. The second kappa shape index (κ2) is 8.67. The summed E-state index contributed by atoms with van der Waals surface area (Å²) in [5, 5.41) is 3.45. The maximum atomic E-state index is 11.6. The van der Waals surface area contributed by atoms with Gasteiger partial charge in [-0.2, -0.15) is 0 Å². The summed E-state index contributed by atoms with van der Waals surface area (Å²) in [6.45, 7) is 3.64. The number of nitrogens with zero attached hydrogens (tertiary/aromatic N) is 2. The number of sulfonamides is 1. The molecule has 1 aliphatic heterocycles. The highest BCUT2D eigenvalue weighted by Crippen LogP contribution is 2.10. The Morgan fingerprint density at radius 1 is 1.24 bits per heavy atom. The van der Waals surface area contributed by atoms with Crippen molar-refractivity contribution >= 4 is 15.9 Å². The first kappa shape index (κ1) is 18.3. The standard InChI is InChI=1S/C13H28N4O3S/c1-16(2)13(18)11-17-9-5-12(6-10-17)14-7-4-8-15-21(3,19)20/h12,14-15H,4-11H2,1-3H3. The molecular weight excluding hydrogens is 292 g/mol. The first-order valence-corrected chi connectivity index (χ1v) is 9.27. The van der Waals surface area contributed by atoms with Gasteiger partial charge in [-0.15, -0.1) is 0 Å². The molecule has 0 aromatic carbocycles. The van der Waals surface area contributed by atoms with Crippen LogP contribution >= 0.6 is 0 Å². The number of rotatable bonds is 8. The maximum Gasteiger partial charge on any atom is 0.236 e. The summed E-state index contributed by atoms with van der Waals surface area (Å²) in [6.07, 6.45) is 4.01. The fourth-order valence-corrected chi connectivity index (χ4v) is 2.80. The second-order valence-corrected chi connectivity index (χ2v) is 7.65. The first-order chi connectivity index (χ1) is 9.78. The van der Waals surface area contributed by atoms with Crippen molar-refractivity contribution in [1.82, 2.24) is 19.8 Å². The third kappa shape index (κ3) is 8.35. The molecule has 2 N–H and O–H groups in total. The number of nitrogens with one attached hydrogen (secondary N) is 2. The largest absolute Gasteiger partial charge is 0.348 e. The summed E-state index contributed by atoms with van der Waals surface area (Å²) in [4.78, 5) is 15.4. The second-order valence-electron chi connectivity index (χ2n) is 5.81. The number of likely N-dealkylation sites (N-methyl/N-ethyl adjacent to an activating group) is 1. The van der Waals surface area contributed by atoms with Crippen LogP contribution in [0.15, 0.2) is 0 Å². The van der Waals surface area contributed by atoms with Crippen LogP contribution in [0.3, 0.4) is 0 Å². The number of carbonyl (C=O) groups excluding carboxylic acids is 1. The van der Waals surface area contributed by atoms with Crippen LogP contribution in [-0.2, 0) is 14.8 Å². The molecule has 0 spiro atoms. The van der Waals surface area contributed by atoms with E-state index in [0.717, 1.165) is 38.9 Å². The minimum atomic E-state index is -3.08. The van der Waals surface area contributed by atoms with Gasteiger partial charge in [-0.05, 0) is 25.8 Å². The van der Waals surface area contributed by atoms with Crippen LogP contribution in [0, 0.1) is 0 Å². The van der Waals surface area contributed by atoms with Crippen LogP contribution < -0.4 is 10.0 Å². The monoisotopic (exact) mass is 320 g/mol. The van der Waals surface area contributed by atoms with Crippen LogP contribution in [-0.4, -0.2) is 83.2 Å². The van der Waals surface area contributed by atoms with Gasteiger partial charge in [0.1, 0.15) is 0 Å². The molecule has 1 aliphatic rings. The molecule has 0 unspecified atom stereocenters. The molecule has 124 valence electrons. The van der Waals surface area contributed by atoms with Gasteiger partial charge < -0.3 is 10.2 Å². The Kier molecular flexibility index (Phi) is 7.58. The molecule has 0 bridgehead atoms. The van der Waals surface area contributed by atoms with Gasteiger partial charge in [0.15, 0.2) is 0 Å². The molecule has 21 heavy (non-hydrogen) atoms. The van der Waals surface area contributed by atoms with Crippen LogP contribution in [0.5, 0.6) is 0 Å². The first-order valence-electron chi connectivity index (χ1n) is 7.38. The van der Waals surface area contributed by atoms with Crippen LogP contribution in [0.4, 0.5) is 0 Å². The van der Waals surface area contributed by atoms with E-state index >= 15 is 0 Å². The third-order valence-corrected chi connectivity index (χ3v) is 4.32. The highest BCUT2D eigenvalue weighted by Gasteiger charge is 2.20. The van der Waals surface area contributed by atoms with Crippen molar-refractivity contribution < 1.29 is 13.2 Å². The number of piperidine rings is 1. The topological polar surface area (TPSA) is 81.8 Å². The normalized spacial score (nSPS) is 17.9. The Morgan fingerprint density at radius 2 is 1.86 bits per heavy atom. The number of hydrogen-bond acceptors (Lipinski definition) is 5. The fourth-order valence-electron chi connectivity index (χ4n) is 2.28. The molecule has 1 fully saturated rings. The van der Waals surface area contributed by atoms with Gasteiger partial charge in [0.2, 0.25) is 15.9 Å². The van der Waals surface area contributed by atoms with Crippen molar-refractivity contribution in [1.29, 1.82) is 0 Å². The molecule has 0 aromatic rings. The zero-order valence-electron chi connectivity index (χ0n) is 13.3. The summed E-state index contributed by atoms with van der Waals surface area (Å²) in [6, 6.07) is 0.467. The van der Waals surface area contributed by atoms with E-state index in [2.05, 4.69) is 14.9 Å². The van der Waals surface area contributed by atoms with E-state index in [1.165, 1.54) is 6.26 Å². The third-order valence-electron chi connectivity index (χ3n) is 3.60. The number of amides is 1. The number of hydrogen-bond donors (Lipinski definition) is 2. The Morgan fingerprint density at radius 3 is 2.38 bits per heavy atom. The zero-order valence-corrected chi connectivity index (χ0v) is 14.1. The van der Waals surface area contributed by atoms with E-state index in [0.29, 0.717) is 19.1 Å². The molecule has 0 aliphatic carbocycles. The lowest BCUT2D eigenvalue weighted by Crippen LogP contribution is -2.46. The van der Waals surface area contributed by atoms with E-state index < -0.39 is 10.0 Å². The van der Waals surface area contributed by atoms with E-state index in [9.17, 15) is 13.2 Å². The van der Waals surface area contributed by atoms with E-state index in [1.54, 1.807) is 19.0 Å². The molecular formula is C13H28N4O3S. The molecule has 8 heteroatoms. The summed E-state index contributed by atoms with van der Waals surface area (Å²) in [5.41, 5.74) is 0. The van der Waals surface area contributed by atoms with Crippen molar-refractivity contribution in [3.05, 3.63) is 0 Å². The maximum absolute atomic E-state index is 11.6. The van der Waals surface area contributed by atoms with Gasteiger partial charge in [0.25, 0.3) is 0 Å². The van der Waals surface area contributed by atoms with Crippen molar-refractivity contribution in [2.45, 2.75) is 25.3 Å². The molecule has 0 radical (unpaired) electrons. The van der Waals surface area contributed by atoms with Crippen LogP contribution in [0.25, 0.3) is 0 Å². The average Bonchev–Trinajstić information content (AvgIpc) is 2.38. The molecule has 1 heterocycles. The smallest absolute Gasteiger partial charge is 0.236 e. The van der Waals surface area contributed by atoms with Gasteiger partial charge in [0, 0.05) is 39.8 Å². The molecule has 7 nitrogen and oxygen atoms in total.